The van der Waals surface area contributed by atoms with Crippen molar-refractivity contribution in [2.75, 3.05) is 5.73 Å². The minimum atomic E-state index is -0.308. The number of para-hydroxylation sites is 1. The molecule has 0 aliphatic carbocycles. The van der Waals surface area contributed by atoms with Gasteiger partial charge in [0.15, 0.2) is 5.78 Å². The molecule has 4 aromatic rings. The average Bonchev–Trinajstić information content (AvgIpc) is 2.70. The van der Waals surface area contributed by atoms with E-state index in [0.717, 1.165) is 16.5 Å². The Balaban J connectivity index is 2.05. The van der Waals surface area contributed by atoms with Gasteiger partial charge in [0.2, 0.25) is 0 Å². The molecule has 0 radical (unpaired) electrons. The summed E-state index contributed by atoms with van der Waals surface area (Å²) in [7, 11) is 0. The van der Waals surface area contributed by atoms with E-state index in [4.69, 9.17) is 33.9 Å². The lowest BCUT2D eigenvalue weighted by atomic mass is 9.94. The number of benzene rings is 3. The molecule has 0 saturated heterocycles. The summed E-state index contributed by atoms with van der Waals surface area (Å²) in [6, 6.07) is 21.9. The van der Waals surface area contributed by atoms with Crippen LogP contribution in [0.1, 0.15) is 15.9 Å². The van der Waals surface area contributed by atoms with Gasteiger partial charge in [-0.3, -0.25) is 4.79 Å². The number of aromatic nitrogens is 1. The van der Waals surface area contributed by atoms with Gasteiger partial charge in [-0.2, -0.15) is 0 Å². The second-order valence-electron chi connectivity index (χ2n) is 6.06. The van der Waals surface area contributed by atoms with Crippen LogP contribution in [0.3, 0.4) is 0 Å². The second kappa shape index (κ2) is 7.03. The Morgan fingerprint density at radius 2 is 1.56 bits per heavy atom. The van der Waals surface area contributed by atoms with Gasteiger partial charge in [0.1, 0.15) is 0 Å². The first kappa shape index (κ1) is 17.5. The molecule has 4 rings (SSSR count). The summed E-state index contributed by atoms with van der Waals surface area (Å²) in [6.07, 6.45) is 0. The minimum Gasteiger partial charge on any atom is -0.398 e. The lowest BCUT2D eigenvalue weighted by molar-refractivity contribution is 0.104. The SMILES string of the molecule is Nc1c(C(=O)c2cccc(Cl)c2Cl)c(-c2ccccc2)nc2ccccc12. The number of hydrogen-bond donors (Lipinski definition) is 1. The Hall–Kier alpha value is -2.88. The van der Waals surface area contributed by atoms with Gasteiger partial charge in [0.25, 0.3) is 0 Å². The Kier molecular flexibility index (Phi) is 4.56. The molecule has 0 aliphatic rings. The van der Waals surface area contributed by atoms with Crippen LogP contribution in [0.15, 0.2) is 72.8 Å². The largest absolute Gasteiger partial charge is 0.398 e. The number of halogens is 2. The molecule has 0 fully saturated rings. The summed E-state index contributed by atoms with van der Waals surface area (Å²) in [5.74, 6) is -0.308. The third-order valence-corrected chi connectivity index (χ3v) is 5.22. The van der Waals surface area contributed by atoms with E-state index in [1.54, 1.807) is 18.2 Å². The first-order valence-electron chi connectivity index (χ1n) is 8.30. The Morgan fingerprint density at radius 1 is 0.852 bits per heavy atom. The molecule has 0 spiro atoms. The molecule has 1 aromatic heterocycles. The predicted octanol–water partition coefficient (Wildman–Crippen LogP) is 6.02. The number of rotatable bonds is 3. The lowest BCUT2D eigenvalue weighted by Gasteiger charge is -2.15. The molecule has 0 saturated carbocycles. The van der Waals surface area contributed by atoms with Crippen molar-refractivity contribution in [2.24, 2.45) is 0 Å². The van der Waals surface area contributed by atoms with E-state index in [-0.39, 0.29) is 10.8 Å². The molecule has 0 unspecified atom stereocenters. The van der Waals surface area contributed by atoms with E-state index in [0.29, 0.717) is 27.5 Å². The summed E-state index contributed by atoms with van der Waals surface area (Å²) in [5, 5.41) is 1.24. The van der Waals surface area contributed by atoms with Gasteiger partial charge in [-0.05, 0) is 18.2 Å². The monoisotopic (exact) mass is 392 g/mol. The standard InChI is InChI=1S/C22H14Cl2N2O/c23-16-11-6-10-15(19(16)24)22(27)18-20(25)14-9-4-5-12-17(14)26-21(18)13-7-2-1-3-8-13/h1-12H,(H2,25,26). The van der Waals surface area contributed by atoms with Gasteiger partial charge in [0.05, 0.1) is 32.5 Å². The summed E-state index contributed by atoms with van der Waals surface area (Å²) in [6.45, 7) is 0. The molecule has 3 nitrogen and oxygen atoms in total. The first-order chi connectivity index (χ1) is 13.1. The van der Waals surface area contributed by atoms with Crippen molar-refractivity contribution in [3.05, 3.63) is 94.0 Å². The van der Waals surface area contributed by atoms with Crippen molar-refractivity contribution in [3.8, 4) is 11.3 Å². The number of ketones is 1. The molecule has 5 heteroatoms. The minimum absolute atomic E-state index is 0.204. The average molecular weight is 393 g/mol. The van der Waals surface area contributed by atoms with Gasteiger partial charge < -0.3 is 5.73 Å². The van der Waals surface area contributed by atoms with E-state index in [2.05, 4.69) is 0 Å². The third-order valence-electron chi connectivity index (χ3n) is 4.40. The van der Waals surface area contributed by atoms with Crippen LogP contribution >= 0.6 is 23.2 Å². The Morgan fingerprint density at radius 3 is 2.33 bits per heavy atom. The first-order valence-corrected chi connectivity index (χ1v) is 9.06. The maximum atomic E-state index is 13.4. The van der Waals surface area contributed by atoms with E-state index in [1.807, 2.05) is 54.6 Å². The molecule has 1 heterocycles. The molecule has 0 aliphatic heterocycles. The van der Waals surface area contributed by atoms with Crippen LogP contribution in [-0.2, 0) is 0 Å². The third kappa shape index (κ3) is 3.05. The van der Waals surface area contributed by atoms with Crippen LogP contribution in [-0.4, -0.2) is 10.8 Å². The Labute approximate surface area is 166 Å². The van der Waals surface area contributed by atoms with Crippen molar-refractivity contribution in [1.29, 1.82) is 0 Å². The number of hydrogen-bond acceptors (Lipinski definition) is 3. The van der Waals surface area contributed by atoms with Crippen molar-refractivity contribution in [1.82, 2.24) is 4.98 Å². The molecule has 132 valence electrons. The molecule has 0 bridgehead atoms. The zero-order valence-electron chi connectivity index (χ0n) is 14.1. The Bertz CT molecular complexity index is 1170. The number of nitrogen functional groups attached to an aromatic ring is 1. The molecular formula is C22H14Cl2N2O. The number of carbonyl (C=O) groups is 1. The molecule has 3 aromatic carbocycles. The zero-order chi connectivity index (χ0) is 19.0. The number of pyridine rings is 1. The number of carbonyl (C=O) groups excluding carboxylic acids is 1. The number of nitrogens with two attached hydrogens (primary N) is 1. The number of nitrogens with zero attached hydrogens (tertiary/aromatic N) is 1. The molecular weight excluding hydrogens is 379 g/mol. The zero-order valence-corrected chi connectivity index (χ0v) is 15.6. The van der Waals surface area contributed by atoms with Crippen LogP contribution in [0.5, 0.6) is 0 Å². The van der Waals surface area contributed by atoms with Crippen molar-refractivity contribution in [3.63, 3.8) is 0 Å². The van der Waals surface area contributed by atoms with Crippen molar-refractivity contribution < 1.29 is 4.79 Å². The van der Waals surface area contributed by atoms with Gasteiger partial charge in [0, 0.05) is 16.5 Å². The van der Waals surface area contributed by atoms with E-state index in [9.17, 15) is 4.79 Å². The number of fused-ring (bicyclic) bond motifs is 1. The molecule has 2 N–H and O–H groups in total. The lowest BCUT2D eigenvalue weighted by Crippen LogP contribution is -2.10. The number of anilines is 1. The highest BCUT2D eigenvalue weighted by atomic mass is 35.5. The van der Waals surface area contributed by atoms with E-state index in [1.165, 1.54) is 0 Å². The fraction of sp³-hybridized carbons (Fsp3) is 0. The summed E-state index contributed by atoms with van der Waals surface area (Å²) in [5.41, 5.74) is 9.49. The topological polar surface area (TPSA) is 56.0 Å². The molecule has 27 heavy (non-hydrogen) atoms. The van der Waals surface area contributed by atoms with Crippen LogP contribution in [0.2, 0.25) is 10.0 Å². The quantitative estimate of drug-likeness (QED) is 0.433. The van der Waals surface area contributed by atoms with Gasteiger partial charge in [-0.25, -0.2) is 4.98 Å². The summed E-state index contributed by atoms with van der Waals surface area (Å²) in [4.78, 5) is 18.1. The molecule has 0 amide bonds. The highest BCUT2D eigenvalue weighted by molar-refractivity contribution is 6.44. The van der Waals surface area contributed by atoms with Crippen LogP contribution in [0.25, 0.3) is 22.2 Å². The maximum Gasteiger partial charge on any atom is 0.198 e. The highest BCUT2D eigenvalue weighted by Crippen LogP contribution is 2.36. The predicted molar refractivity (Wildman–Crippen MR) is 111 cm³/mol. The van der Waals surface area contributed by atoms with Gasteiger partial charge in [-0.15, -0.1) is 0 Å². The smallest absolute Gasteiger partial charge is 0.198 e. The fourth-order valence-electron chi connectivity index (χ4n) is 3.09. The second-order valence-corrected chi connectivity index (χ2v) is 6.85. The normalized spacial score (nSPS) is 10.9. The van der Waals surface area contributed by atoms with Crippen LogP contribution in [0, 0.1) is 0 Å². The van der Waals surface area contributed by atoms with Crippen molar-refractivity contribution >= 4 is 45.6 Å². The van der Waals surface area contributed by atoms with Crippen LogP contribution in [0.4, 0.5) is 5.69 Å². The van der Waals surface area contributed by atoms with Crippen LogP contribution < -0.4 is 5.73 Å². The van der Waals surface area contributed by atoms with Crippen molar-refractivity contribution in [2.45, 2.75) is 0 Å². The maximum absolute atomic E-state index is 13.4. The summed E-state index contributed by atoms with van der Waals surface area (Å²) >= 11 is 12.4. The van der Waals surface area contributed by atoms with E-state index < -0.39 is 0 Å². The molecule has 0 atom stereocenters. The van der Waals surface area contributed by atoms with Gasteiger partial charge >= 0.3 is 0 Å². The van der Waals surface area contributed by atoms with E-state index >= 15 is 0 Å². The highest BCUT2D eigenvalue weighted by Gasteiger charge is 2.24. The van der Waals surface area contributed by atoms with Gasteiger partial charge in [-0.1, -0.05) is 77.8 Å². The summed E-state index contributed by atoms with van der Waals surface area (Å²) < 4.78 is 0. The fourth-order valence-corrected chi connectivity index (χ4v) is 3.47.